The maximum Gasteiger partial charge on any atom is 0.253 e. The molecule has 4 nitrogen and oxygen atoms in total. The molecule has 5 heteroatoms. The predicted molar refractivity (Wildman–Crippen MR) is 107 cm³/mol. The van der Waals surface area contributed by atoms with Crippen molar-refractivity contribution in [2.75, 3.05) is 38.2 Å². The molecule has 0 unspecified atom stereocenters. The topological polar surface area (TPSA) is 32.8 Å². The molecule has 138 valence electrons. The minimum atomic E-state index is 0.104. The summed E-state index contributed by atoms with van der Waals surface area (Å²) in [5.41, 5.74) is 5.18. The molecule has 1 heterocycles. The Kier molecular flexibility index (Phi) is 5.42. The van der Waals surface area contributed by atoms with Crippen LogP contribution in [0.3, 0.4) is 0 Å². The van der Waals surface area contributed by atoms with E-state index in [-0.39, 0.29) is 5.91 Å². The average molecular weight is 373 g/mol. The number of ether oxygens (including phenoxy) is 1. The summed E-state index contributed by atoms with van der Waals surface area (Å²) in [6.45, 7) is 9.02. The van der Waals surface area contributed by atoms with Crippen molar-refractivity contribution in [3.63, 3.8) is 0 Å². The Morgan fingerprint density at radius 3 is 2.27 bits per heavy atom. The first-order valence-electron chi connectivity index (χ1n) is 8.86. The molecular formula is C21H25ClN2O2. The zero-order valence-electron chi connectivity index (χ0n) is 15.8. The number of methoxy groups -OCH3 is 1. The molecule has 0 radical (unpaired) electrons. The highest BCUT2D eigenvalue weighted by Gasteiger charge is 2.24. The number of aryl methyl sites for hydroxylation is 3. The molecule has 1 amide bonds. The molecule has 0 bridgehead atoms. The second-order valence-electron chi connectivity index (χ2n) is 6.85. The lowest BCUT2D eigenvalue weighted by Crippen LogP contribution is -2.48. The zero-order valence-corrected chi connectivity index (χ0v) is 16.6. The van der Waals surface area contributed by atoms with E-state index in [0.717, 1.165) is 41.2 Å². The van der Waals surface area contributed by atoms with Crippen LogP contribution in [0.15, 0.2) is 30.3 Å². The Balaban J connectivity index is 1.72. The van der Waals surface area contributed by atoms with Gasteiger partial charge in [0.25, 0.3) is 5.91 Å². The molecule has 1 aliphatic heterocycles. The lowest BCUT2D eigenvalue weighted by Gasteiger charge is -2.37. The van der Waals surface area contributed by atoms with Crippen LogP contribution in [0.5, 0.6) is 5.75 Å². The van der Waals surface area contributed by atoms with E-state index in [1.54, 1.807) is 7.11 Å². The number of piperazine rings is 1. The third-order valence-corrected chi connectivity index (χ3v) is 5.53. The van der Waals surface area contributed by atoms with Gasteiger partial charge in [-0.05, 0) is 55.7 Å². The van der Waals surface area contributed by atoms with Crippen LogP contribution in [0, 0.1) is 20.8 Å². The van der Waals surface area contributed by atoms with Gasteiger partial charge in [-0.3, -0.25) is 4.79 Å². The lowest BCUT2D eigenvalue weighted by atomic mass is 10.1. The van der Waals surface area contributed by atoms with Crippen molar-refractivity contribution >= 4 is 23.2 Å². The van der Waals surface area contributed by atoms with Crippen LogP contribution in [-0.2, 0) is 0 Å². The van der Waals surface area contributed by atoms with Gasteiger partial charge in [-0.25, -0.2) is 0 Å². The Labute approximate surface area is 160 Å². The molecule has 0 aromatic heterocycles. The quantitative estimate of drug-likeness (QED) is 0.808. The van der Waals surface area contributed by atoms with Gasteiger partial charge in [0, 0.05) is 42.8 Å². The van der Waals surface area contributed by atoms with Gasteiger partial charge in [-0.1, -0.05) is 17.7 Å². The summed E-state index contributed by atoms with van der Waals surface area (Å²) in [6, 6.07) is 9.83. The summed E-state index contributed by atoms with van der Waals surface area (Å²) in [6.07, 6.45) is 0. The highest BCUT2D eigenvalue weighted by atomic mass is 35.5. The monoisotopic (exact) mass is 372 g/mol. The molecule has 0 spiro atoms. The number of benzene rings is 2. The van der Waals surface area contributed by atoms with E-state index in [9.17, 15) is 4.79 Å². The summed E-state index contributed by atoms with van der Waals surface area (Å²) >= 11 is 6.21. The van der Waals surface area contributed by atoms with Crippen molar-refractivity contribution in [3.8, 4) is 5.75 Å². The van der Waals surface area contributed by atoms with Crippen LogP contribution < -0.4 is 9.64 Å². The first kappa shape index (κ1) is 18.6. The van der Waals surface area contributed by atoms with Gasteiger partial charge in [0.1, 0.15) is 5.75 Å². The van der Waals surface area contributed by atoms with Gasteiger partial charge in [-0.15, -0.1) is 0 Å². The largest absolute Gasteiger partial charge is 0.495 e. The van der Waals surface area contributed by atoms with E-state index in [2.05, 4.69) is 17.9 Å². The molecule has 26 heavy (non-hydrogen) atoms. The molecule has 2 aromatic carbocycles. The molecule has 1 fully saturated rings. The van der Waals surface area contributed by atoms with Crippen LogP contribution in [0.25, 0.3) is 0 Å². The van der Waals surface area contributed by atoms with E-state index in [1.165, 1.54) is 5.56 Å². The summed E-state index contributed by atoms with van der Waals surface area (Å²) in [4.78, 5) is 17.0. The van der Waals surface area contributed by atoms with Crippen molar-refractivity contribution in [3.05, 3.63) is 57.6 Å². The number of hydrogen-bond donors (Lipinski definition) is 0. The Morgan fingerprint density at radius 2 is 1.65 bits per heavy atom. The summed E-state index contributed by atoms with van der Waals surface area (Å²) in [5, 5.41) is 0.703. The Morgan fingerprint density at radius 1 is 0.962 bits per heavy atom. The average Bonchev–Trinajstić information content (AvgIpc) is 2.65. The van der Waals surface area contributed by atoms with Crippen molar-refractivity contribution in [2.24, 2.45) is 0 Å². The molecule has 1 saturated heterocycles. The Hall–Kier alpha value is -2.20. The fourth-order valence-corrected chi connectivity index (χ4v) is 3.42. The second-order valence-corrected chi connectivity index (χ2v) is 7.26. The van der Waals surface area contributed by atoms with Crippen molar-refractivity contribution in [1.82, 2.24) is 4.90 Å². The third kappa shape index (κ3) is 3.65. The van der Waals surface area contributed by atoms with E-state index < -0.39 is 0 Å². The smallest absolute Gasteiger partial charge is 0.253 e. The fourth-order valence-electron chi connectivity index (χ4n) is 3.27. The maximum atomic E-state index is 12.8. The first-order valence-corrected chi connectivity index (χ1v) is 9.24. The highest BCUT2D eigenvalue weighted by molar-refractivity contribution is 6.31. The maximum absolute atomic E-state index is 12.8. The van der Waals surface area contributed by atoms with Gasteiger partial charge < -0.3 is 14.5 Å². The standard InChI is InChI=1S/C21H25ClN2O2/c1-14-5-6-17(11-15(14)2)21(25)24-9-7-23(8-10-24)19-12-16(3)18(22)13-20(19)26-4/h5-6,11-13H,7-10H2,1-4H3. The first-order chi connectivity index (χ1) is 12.4. The molecule has 2 aromatic rings. The number of halogens is 1. The van der Waals surface area contributed by atoms with E-state index in [4.69, 9.17) is 16.3 Å². The van der Waals surface area contributed by atoms with E-state index >= 15 is 0 Å². The minimum absolute atomic E-state index is 0.104. The van der Waals surface area contributed by atoms with Crippen LogP contribution in [0.2, 0.25) is 5.02 Å². The second kappa shape index (κ2) is 7.58. The highest BCUT2D eigenvalue weighted by Crippen LogP contribution is 2.34. The van der Waals surface area contributed by atoms with Crippen LogP contribution in [0.1, 0.15) is 27.0 Å². The minimum Gasteiger partial charge on any atom is -0.495 e. The van der Waals surface area contributed by atoms with Crippen molar-refractivity contribution in [2.45, 2.75) is 20.8 Å². The van der Waals surface area contributed by atoms with E-state index in [0.29, 0.717) is 18.1 Å². The number of hydrogen-bond acceptors (Lipinski definition) is 3. The molecule has 3 rings (SSSR count). The number of amides is 1. The van der Waals surface area contributed by atoms with Gasteiger partial charge in [-0.2, -0.15) is 0 Å². The molecule has 0 aliphatic carbocycles. The van der Waals surface area contributed by atoms with Crippen LogP contribution in [-0.4, -0.2) is 44.1 Å². The normalized spacial score (nSPS) is 14.5. The van der Waals surface area contributed by atoms with Crippen molar-refractivity contribution in [1.29, 1.82) is 0 Å². The van der Waals surface area contributed by atoms with Crippen LogP contribution >= 0.6 is 11.6 Å². The molecule has 1 aliphatic rings. The molecule has 0 atom stereocenters. The lowest BCUT2D eigenvalue weighted by molar-refractivity contribution is 0.0746. The van der Waals surface area contributed by atoms with Gasteiger partial charge >= 0.3 is 0 Å². The number of anilines is 1. The number of rotatable bonds is 3. The number of carbonyl (C=O) groups excluding carboxylic acids is 1. The third-order valence-electron chi connectivity index (χ3n) is 5.12. The summed E-state index contributed by atoms with van der Waals surface area (Å²) in [5.74, 6) is 0.876. The molecule has 0 saturated carbocycles. The predicted octanol–water partition coefficient (Wildman–Crippen LogP) is 4.24. The molecular weight excluding hydrogens is 348 g/mol. The summed E-state index contributed by atoms with van der Waals surface area (Å²) in [7, 11) is 1.66. The molecule has 0 N–H and O–H groups in total. The van der Waals surface area contributed by atoms with Gasteiger partial charge in [0.15, 0.2) is 0 Å². The van der Waals surface area contributed by atoms with E-state index in [1.807, 2.05) is 43.0 Å². The summed E-state index contributed by atoms with van der Waals surface area (Å²) < 4.78 is 5.50. The zero-order chi connectivity index (χ0) is 18.8. The van der Waals surface area contributed by atoms with Gasteiger partial charge in [0.05, 0.1) is 12.8 Å². The fraction of sp³-hybridized carbons (Fsp3) is 0.381. The SMILES string of the molecule is COc1cc(Cl)c(C)cc1N1CCN(C(=O)c2ccc(C)c(C)c2)CC1. The van der Waals surface area contributed by atoms with Crippen molar-refractivity contribution < 1.29 is 9.53 Å². The number of nitrogens with zero attached hydrogens (tertiary/aromatic N) is 2. The number of carbonyl (C=O) groups is 1. The van der Waals surface area contributed by atoms with Crippen LogP contribution in [0.4, 0.5) is 5.69 Å². The van der Waals surface area contributed by atoms with Gasteiger partial charge in [0.2, 0.25) is 0 Å². The Bertz CT molecular complexity index is 827.